The fraction of sp³-hybridized carbons (Fsp3) is 0.0577. The SMILES string of the molecule is COc1ccc(C2(c3ccc(Oc4ccc(C(=O)c5ccc(C)c(S(=O)(=O)[O-])c5)cc4SOO[O-])c(-c4ccccc4)c3)c3ccccc3-c3ccccc32)cc1-c1ccccc1.[Na+].[Na+]. The van der Waals surface area contributed by atoms with Crippen LogP contribution in [0.3, 0.4) is 0 Å². The topological polar surface area (TPSA) is 134 Å². The summed E-state index contributed by atoms with van der Waals surface area (Å²) in [5.74, 6) is 0.883. The van der Waals surface area contributed by atoms with Gasteiger partial charge in [-0.1, -0.05) is 133 Å². The Morgan fingerprint density at radius 3 is 1.62 bits per heavy atom. The third kappa shape index (κ3) is 9.18. The molecule has 0 heterocycles. The number of carbonyl (C=O) groups is 1. The van der Waals surface area contributed by atoms with Crippen molar-refractivity contribution in [3.05, 3.63) is 221 Å². The van der Waals surface area contributed by atoms with Crippen LogP contribution in [0.2, 0.25) is 0 Å². The summed E-state index contributed by atoms with van der Waals surface area (Å²) in [6.45, 7) is 1.47. The summed E-state index contributed by atoms with van der Waals surface area (Å²) in [6.07, 6.45) is 0. The van der Waals surface area contributed by atoms with Crippen LogP contribution in [0.1, 0.15) is 43.7 Å². The van der Waals surface area contributed by atoms with Gasteiger partial charge in [-0.25, -0.2) is 8.42 Å². The van der Waals surface area contributed by atoms with Gasteiger partial charge in [0.2, 0.25) is 0 Å². The molecule has 9 nitrogen and oxygen atoms in total. The van der Waals surface area contributed by atoms with Gasteiger partial charge in [-0.05, 0) is 106 Å². The molecule has 0 unspecified atom stereocenters. The fourth-order valence-electron chi connectivity index (χ4n) is 8.65. The molecule has 0 amide bonds. The molecular formula is C52H36Na2O9S2. The van der Waals surface area contributed by atoms with Gasteiger partial charge in [0.25, 0.3) is 0 Å². The summed E-state index contributed by atoms with van der Waals surface area (Å²) >= 11 is 0.544. The van der Waals surface area contributed by atoms with Crippen LogP contribution in [0.25, 0.3) is 33.4 Å². The second kappa shape index (κ2) is 20.4. The maximum absolute atomic E-state index is 13.7. The van der Waals surface area contributed by atoms with Crippen molar-refractivity contribution in [3.63, 3.8) is 0 Å². The Hall–Kier alpha value is -4.83. The molecule has 1 aliphatic rings. The quantitative estimate of drug-likeness (QED) is 0.0394. The van der Waals surface area contributed by atoms with E-state index in [1.54, 1.807) is 13.2 Å². The summed E-state index contributed by atoms with van der Waals surface area (Å²) in [4.78, 5) is 13.4. The van der Waals surface area contributed by atoms with Crippen molar-refractivity contribution < 1.29 is 101 Å². The third-order valence-electron chi connectivity index (χ3n) is 11.5. The Kier molecular flexibility index (Phi) is 15.1. The van der Waals surface area contributed by atoms with Crippen LogP contribution >= 0.6 is 12.0 Å². The van der Waals surface area contributed by atoms with E-state index in [4.69, 9.17) is 13.8 Å². The van der Waals surface area contributed by atoms with Crippen LogP contribution in [-0.2, 0) is 24.9 Å². The van der Waals surface area contributed by atoms with Crippen molar-refractivity contribution in [3.8, 4) is 50.6 Å². The first-order chi connectivity index (χ1) is 30.6. The van der Waals surface area contributed by atoms with Crippen LogP contribution in [-0.4, -0.2) is 25.9 Å². The maximum Gasteiger partial charge on any atom is 1.00 e. The molecule has 1 aliphatic carbocycles. The van der Waals surface area contributed by atoms with Gasteiger partial charge in [0.1, 0.15) is 27.4 Å². The number of hydrogen-bond acceptors (Lipinski definition) is 10. The van der Waals surface area contributed by atoms with Gasteiger partial charge in [0, 0.05) is 22.3 Å². The van der Waals surface area contributed by atoms with Crippen LogP contribution in [0.15, 0.2) is 192 Å². The minimum Gasteiger partial charge on any atom is -0.744 e. The average Bonchev–Trinajstić information content (AvgIpc) is 3.62. The number of methoxy groups -OCH3 is 1. The molecule has 0 radical (unpaired) electrons. The summed E-state index contributed by atoms with van der Waals surface area (Å²) in [6, 6.07) is 57.9. The molecule has 65 heavy (non-hydrogen) atoms. The van der Waals surface area contributed by atoms with Gasteiger partial charge < -0.3 is 19.3 Å². The van der Waals surface area contributed by atoms with Gasteiger partial charge in [0.15, 0.2) is 5.78 Å². The number of ketones is 1. The predicted octanol–water partition coefficient (Wildman–Crippen LogP) is 4.87. The second-order valence-electron chi connectivity index (χ2n) is 14.9. The Labute approximate surface area is 425 Å². The molecule has 0 fully saturated rings. The monoisotopic (exact) mass is 914 g/mol. The molecule has 0 saturated heterocycles. The summed E-state index contributed by atoms with van der Waals surface area (Å²) in [5, 5.41) is 14.8. The third-order valence-corrected chi connectivity index (χ3v) is 13.1. The van der Waals surface area contributed by atoms with E-state index in [1.165, 1.54) is 31.2 Å². The zero-order chi connectivity index (χ0) is 43.7. The molecule has 0 spiro atoms. The van der Waals surface area contributed by atoms with Crippen molar-refractivity contribution >= 4 is 27.9 Å². The molecule has 0 aliphatic heterocycles. The Bertz CT molecular complexity index is 3100. The summed E-state index contributed by atoms with van der Waals surface area (Å²) in [7, 11) is -3.16. The van der Waals surface area contributed by atoms with E-state index < -0.39 is 26.2 Å². The molecule has 9 rings (SSSR count). The Balaban J connectivity index is 0.00000315. The molecule has 8 aromatic rings. The van der Waals surface area contributed by atoms with E-state index in [-0.39, 0.29) is 86.4 Å². The zero-order valence-corrected chi connectivity index (χ0v) is 41.4. The number of fused-ring (bicyclic) bond motifs is 3. The first-order valence-electron chi connectivity index (χ1n) is 19.8. The number of carbonyl (C=O) groups excluding carboxylic acids is 1. The molecule has 8 aromatic carbocycles. The van der Waals surface area contributed by atoms with Crippen LogP contribution in [0.5, 0.6) is 17.2 Å². The minimum absolute atomic E-state index is 0. The number of rotatable bonds is 13. The van der Waals surface area contributed by atoms with Crippen molar-refractivity contribution in [1.29, 1.82) is 0 Å². The number of benzene rings is 8. The summed E-state index contributed by atoms with van der Waals surface area (Å²) in [5.41, 5.74) is 9.62. The Morgan fingerprint density at radius 1 is 0.569 bits per heavy atom. The molecular weight excluding hydrogens is 879 g/mol. The van der Waals surface area contributed by atoms with E-state index in [0.29, 0.717) is 17.8 Å². The average molecular weight is 915 g/mol. The van der Waals surface area contributed by atoms with E-state index in [1.807, 2.05) is 60.7 Å². The van der Waals surface area contributed by atoms with Gasteiger partial charge in [-0.2, -0.15) is 4.33 Å². The van der Waals surface area contributed by atoms with Gasteiger partial charge in [0.05, 0.1) is 34.4 Å². The predicted molar refractivity (Wildman–Crippen MR) is 238 cm³/mol. The number of hydrogen-bond donors (Lipinski definition) is 0. The molecule has 0 N–H and O–H groups in total. The van der Waals surface area contributed by atoms with Gasteiger partial charge in [-0.15, -0.1) is 0 Å². The van der Waals surface area contributed by atoms with Gasteiger partial charge >= 0.3 is 59.1 Å². The van der Waals surface area contributed by atoms with Crippen molar-refractivity contribution in [2.45, 2.75) is 22.1 Å². The zero-order valence-electron chi connectivity index (χ0n) is 35.8. The Morgan fingerprint density at radius 2 is 1.06 bits per heavy atom. The largest absolute Gasteiger partial charge is 1.00 e. The first-order valence-corrected chi connectivity index (χ1v) is 22.0. The van der Waals surface area contributed by atoms with Crippen LogP contribution < -0.4 is 73.8 Å². The molecule has 0 aromatic heterocycles. The number of aryl methyl sites for hydroxylation is 1. The first kappa shape index (κ1) is 48.1. The minimum atomic E-state index is -4.84. The molecule has 0 saturated carbocycles. The van der Waals surface area contributed by atoms with Crippen molar-refractivity contribution in [2.75, 3.05) is 7.11 Å². The van der Waals surface area contributed by atoms with E-state index in [0.717, 1.165) is 67.5 Å². The second-order valence-corrected chi connectivity index (χ2v) is 17.0. The van der Waals surface area contributed by atoms with E-state index >= 15 is 0 Å². The van der Waals surface area contributed by atoms with Crippen LogP contribution in [0.4, 0.5) is 0 Å². The molecule has 13 heteroatoms. The van der Waals surface area contributed by atoms with Crippen LogP contribution in [0, 0.1) is 6.92 Å². The van der Waals surface area contributed by atoms with Gasteiger partial charge in [-0.3, -0.25) is 9.83 Å². The molecule has 0 bridgehead atoms. The normalized spacial score (nSPS) is 12.2. The molecule has 312 valence electrons. The molecule has 0 atom stereocenters. The van der Waals surface area contributed by atoms with Crippen molar-refractivity contribution in [2.24, 2.45) is 0 Å². The summed E-state index contributed by atoms with van der Waals surface area (Å²) < 4.78 is 53.2. The van der Waals surface area contributed by atoms with Crippen molar-refractivity contribution in [1.82, 2.24) is 0 Å². The van der Waals surface area contributed by atoms with E-state index in [9.17, 15) is 23.0 Å². The smallest absolute Gasteiger partial charge is 0.744 e. The maximum atomic E-state index is 13.7. The fourth-order valence-corrected chi connectivity index (χ4v) is 9.85. The number of ether oxygens (including phenoxy) is 2. The standard InChI is InChI=1S/C52H38O9S2.2Na/c1-33-21-22-37(30-50(33)63(55,56)57)51(53)36-23-26-48(49(29-36)62-61-60-54)59-47-28-25-39(32-43(47)35-15-7-4-8-16-35)52(44-19-11-9-17-40(44)41-18-10-12-20-45(41)52)38-24-27-46(58-2)42(31-38)34-13-5-3-6-14-34;;/h3-32,54H,1-2H3,(H,55,56,57);;/q;2*+1/p-2. The van der Waals surface area contributed by atoms with E-state index in [2.05, 4.69) is 90.0 Å².